The van der Waals surface area contributed by atoms with Gasteiger partial charge in [0.2, 0.25) is 0 Å². The number of hydrogen-bond acceptors (Lipinski definition) is 6. The highest BCUT2D eigenvalue weighted by atomic mass is 32.2. The first-order valence-electron chi connectivity index (χ1n) is 5.32. The predicted molar refractivity (Wildman–Crippen MR) is 76.3 cm³/mol. The Morgan fingerprint density at radius 1 is 1.29 bits per heavy atom. The second-order valence-electron chi connectivity index (χ2n) is 3.73. The van der Waals surface area contributed by atoms with E-state index < -0.39 is 21.4 Å². The van der Waals surface area contributed by atoms with E-state index in [-0.39, 0.29) is 10.7 Å². The third-order valence-electron chi connectivity index (χ3n) is 2.06. The van der Waals surface area contributed by atoms with Gasteiger partial charge in [-0.25, -0.2) is 8.42 Å². The van der Waals surface area contributed by atoms with E-state index >= 15 is 0 Å². The maximum Gasteiger partial charge on any atom is 0.299 e. The molecule has 0 aliphatic rings. The number of sulfonamides is 1. The normalized spacial score (nSPS) is 10.9. The molecule has 5 N–H and O–H groups in total. The Kier molecular flexibility index (Phi) is 5.84. The molecule has 21 heavy (non-hydrogen) atoms. The van der Waals surface area contributed by atoms with Crippen LogP contribution in [0.4, 0.5) is 11.5 Å². The SMILES string of the molecule is Cc1cc(NS(=O)(=O)c2ccc(N)cc2)no1.O=S(O)O. The van der Waals surface area contributed by atoms with Gasteiger partial charge in [-0.2, -0.15) is 4.21 Å². The van der Waals surface area contributed by atoms with Gasteiger partial charge in [0.25, 0.3) is 21.4 Å². The van der Waals surface area contributed by atoms with Crippen LogP contribution in [0.15, 0.2) is 39.8 Å². The standard InChI is InChI=1S/C10H11N3O3S.H2O3S/c1-7-6-10(12-16-7)13-17(14,15)9-4-2-8(11)3-5-9;1-4(2)3/h2-6H,11H2,1H3,(H,12,13);(H2,1,2,3). The summed E-state index contributed by atoms with van der Waals surface area (Å²) in [5.41, 5.74) is 5.98. The molecule has 0 radical (unpaired) electrons. The van der Waals surface area contributed by atoms with Crippen LogP contribution in [0, 0.1) is 6.92 Å². The van der Waals surface area contributed by atoms with Crippen molar-refractivity contribution < 1.29 is 26.3 Å². The summed E-state index contributed by atoms with van der Waals surface area (Å²) in [6, 6.07) is 7.37. The highest BCUT2D eigenvalue weighted by Crippen LogP contribution is 2.16. The number of anilines is 2. The number of aryl methyl sites for hydroxylation is 1. The molecule has 1 aromatic carbocycles. The van der Waals surface area contributed by atoms with Gasteiger partial charge < -0.3 is 10.3 Å². The number of nitrogen functional groups attached to an aromatic ring is 1. The molecule has 0 aliphatic carbocycles. The molecule has 11 heteroatoms. The molecule has 0 unspecified atom stereocenters. The fourth-order valence-corrected chi connectivity index (χ4v) is 2.24. The predicted octanol–water partition coefficient (Wildman–Crippen LogP) is 1.05. The summed E-state index contributed by atoms with van der Waals surface area (Å²) in [6.45, 7) is 1.67. The van der Waals surface area contributed by atoms with Crippen molar-refractivity contribution in [2.45, 2.75) is 11.8 Å². The van der Waals surface area contributed by atoms with Crippen LogP contribution >= 0.6 is 0 Å². The number of aromatic nitrogens is 1. The molecule has 116 valence electrons. The maximum atomic E-state index is 11.9. The molecule has 0 spiro atoms. The van der Waals surface area contributed by atoms with Crippen LogP contribution in [0.2, 0.25) is 0 Å². The van der Waals surface area contributed by atoms with Crippen molar-refractivity contribution in [3.63, 3.8) is 0 Å². The average molecular weight is 335 g/mol. The Bertz CT molecular complexity index is 707. The van der Waals surface area contributed by atoms with E-state index in [1.165, 1.54) is 30.3 Å². The summed E-state index contributed by atoms with van der Waals surface area (Å²) in [6.07, 6.45) is 0. The van der Waals surface area contributed by atoms with E-state index in [2.05, 4.69) is 9.88 Å². The topological polar surface area (TPSA) is 156 Å². The number of nitrogens with two attached hydrogens (primary N) is 1. The minimum atomic E-state index is -3.64. The van der Waals surface area contributed by atoms with Crippen LogP contribution < -0.4 is 10.5 Å². The van der Waals surface area contributed by atoms with Gasteiger partial charge in [-0.1, -0.05) is 5.16 Å². The Hall–Kier alpha value is -1.95. The number of nitrogens with one attached hydrogen (secondary N) is 1. The molecule has 2 rings (SSSR count). The zero-order valence-corrected chi connectivity index (χ0v) is 12.4. The molecule has 0 saturated heterocycles. The summed E-state index contributed by atoms with van der Waals surface area (Å²) in [7, 11) is -3.64. The van der Waals surface area contributed by atoms with E-state index in [0.717, 1.165) is 0 Å². The Morgan fingerprint density at radius 3 is 2.24 bits per heavy atom. The lowest BCUT2D eigenvalue weighted by Crippen LogP contribution is -2.13. The smallest absolute Gasteiger partial charge is 0.299 e. The van der Waals surface area contributed by atoms with E-state index in [1.54, 1.807) is 6.92 Å². The van der Waals surface area contributed by atoms with Crippen LogP contribution in [-0.4, -0.2) is 26.9 Å². The highest BCUT2D eigenvalue weighted by Gasteiger charge is 2.15. The maximum absolute atomic E-state index is 11.9. The van der Waals surface area contributed by atoms with Crippen molar-refractivity contribution in [1.82, 2.24) is 5.16 Å². The summed E-state index contributed by atoms with van der Waals surface area (Å²) in [5.74, 6) is 0.680. The van der Waals surface area contributed by atoms with Gasteiger partial charge in [-0.3, -0.25) is 13.8 Å². The molecular formula is C10H13N3O6S2. The fourth-order valence-electron chi connectivity index (χ4n) is 1.26. The van der Waals surface area contributed by atoms with Gasteiger partial charge in [0, 0.05) is 11.8 Å². The molecule has 0 amide bonds. The van der Waals surface area contributed by atoms with Crippen LogP contribution in [0.25, 0.3) is 0 Å². The summed E-state index contributed by atoms with van der Waals surface area (Å²) < 4.78 is 53.7. The van der Waals surface area contributed by atoms with Gasteiger partial charge in [0.15, 0.2) is 5.82 Å². The quantitative estimate of drug-likeness (QED) is 0.479. The first-order valence-corrected chi connectivity index (χ1v) is 7.87. The van der Waals surface area contributed by atoms with Gasteiger partial charge in [-0.15, -0.1) is 0 Å². The second kappa shape index (κ2) is 7.17. The molecule has 0 atom stereocenters. The second-order valence-corrected chi connectivity index (χ2v) is 5.87. The van der Waals surface area contributed by atoms with E-state index in [1.807, 2.05) is 0 Å². The van der Waals surface area contributed by atoms with Gasteiger partial charge >= 0.3 is 0 Å². The monoisotopic (exact) mass is 335 g/mol. The molecule has 2 aromatic rings. The van der Waals surface area contributed by atoms with Crippen molar-refractivity contribution >= 4 is 32.9 Å². The molecule has 0 aliphatic heterocycles. The third kappa shape index (κ3) is 5.91. The lowest BCUT2D eigenvalue weighted by molar-refractivity contribution is 0.400. The molecule has 1 heterocycles. The van der Waals surface area contributed by atoms with Crippen molar-refractivity contribution in [2.24, 2.45) is 0 Å². The molecule has 1 aromatic heterocycles. The van der Waals surface area contributed by atoms with Gasteiger partial charge in [0.05, 0.1) is 4.90 Å². The largest absolute Gasteiger partial charge is 0.399 e. The molecule has 9 nitrogen and oxygen atoms in total. The summed E-state index contributed by atoms with van der Waals surface area (Å²) >= 11 is -2.61. The van der Waals surface area contributed by atoms with Crippen molar-refractivity contribution in [2.75, 3.05) is 10.5 Å². The van der Waals surface area contributed by atoms with Gasteiger partial charge in [0.1, 0.15) is 5.76 Å². The molecule has 0 fully saturated rings. The fraction of sp³-hybridized carbons (Fsp3) is 0.100. The van der Waals surface area contributed by atoms with Crippen molar-refractivity contribution in [1.29, 1.82) is 0 Å². The molecule has 0 saturated carbocycles. The van der Waals surface area contributed by atoms with E-state index in [9.17, 15) is 8.42 Å². The Morgan fingerprint density at radius 2 is 1.81 bits per heavy atom. The van der Waals surface area contributed by atoms with Crippen LogP contribution in [0.3, 0.4) is 0 Å². The summed E-state index contributed by atoms with van der Waals surface area (Å²) in [4.78, 5) is 0.118. The Balaban J connectivity index is 0.000000491. The van der Waals surface area contributed by atoms with E-state index in [4.69, 9.17) is 23.6 Å². The zero-order valence-electron chi connectivity index (χ0n) is 10.8. The minimum Gasteiger partial charge on any atom is -0.399 e. The van der Waals surface area contributed by atoms with E-state index in [0.29, 0.717) is 11.4 Å². The van der Waals surface area contributed by atoms with Crippen molar-refractivity contribution in [3.8, 4) is 0 Å². The first-order chi connectivity index (χ1) is 9.70. The molecule has 0 bridgehead atoms. The number of benzene rings is 1. The Labute approximate surface area is 123 Å². The number of nitrogens with zero attached hydrogens (tertiary/aromatic N) is 1. The minimum absolute atomic E-state index is 0.118. The first kappa shape index (κ1) is 17.1. The highest BCUT2D eigenvalue weighted by molar-refractivity contribution is 7.92. The zero-order chi connectivity index (χ0) is 16.0. The van der Waals surface area contributed by atoms with Gasteiger partial charge in [-0.05, 0) is 31.2 Å². The summed E-state index contributed by atoms with van der Waals surface area (Å²) in [5, 5.41) is 3.55. The lowest BCUT2D eigenvalue weighted by Gasteiger charge is -2.04. The van der Waals surface area contributed by atoms with Crippen LogP contribution in [0.1, 0.15) is 5.76 Å². The average Bonchev–Trinajstić information content (AvgIpc) is 2.73. The lowest BCUT2D eigenvalue weighted by atomic mass is 10.3. The molecular weight excluding hydrogens is 322 g/mol. The number of rotatable bonds is 3. The van der Waals surface area contributed by atoms with Crippen molar-refractivity contribution in [3.05, 3.63) is 36.1 Å². The number of hydrogen-bond donors (Lipinski definition) is 4. The van der Waals surface area contributed by atoms with Crippen LogP contribution in [-0.2, 0) is 21.4 Å². The third-order valence-corrected chi connectivity index (χ3v) is 3.43. The van der Waals surface area contributed by atoms with Crippen LogP contribution in [0.5, 0.6) is 0 Å².